The first-order valence-corrected chi connectivity index (χ1v) is 9.10. The van der Waals surface area contributed by atoms with Crippen molar-refractivity contribution < 1.29 is 14.6 Å². The number of nitrogens with two attached hydrogens (primary N) is 1. The van der Waals surface area contributed by atoms with Gasteiger partial charge in [0, 0.05) is 23.0 Å². The predicted molar refractivity (Wildman–Crippen MR) is 115 cm³/mol. The molecule has 148 valence electrons. The summed E-state index contributed by atoms with van der Waals surface area (Å²) in [6.45, 7) is 0.638. The van der Waals surface area contributed by atoms with Gasteiger partial charge < -0.3 is 20.5 Å². The standard InChI is InChI=1S/C18H19ClN2O3S.2ClH/c1-24-13-5-2-11(3-6-13)17-16(22)18(23)21(9-8-20)14-7-4-12(19)10-15(14)25-17;;/h2-7,10,16-17,22H,8-9,20H2,1H3;2*1H/t16-,17+;;/m0../s1. The fourth-order valence-corrected chi connectivity index (χ4v) is 4.36. The number of carbonyl (C=O) groups is 1. The van der Waals surface area contributed by atoms with E-state index in [1.807, 2.05) is 30.3 Å². The highest BCUT2D eigenvalue weighted by Gasteiger charge is 2.37. The van der Waals surface area contributed by atoms with Crippen LogP contribution in [-0.4, -0.2) is 37.3 Å². The van der Waals surface area contributed by atoms with Crippen LogP contribution in [0, 0.1) is 0 Å². The van der Waals surface area contributed by atoms with Crippen LogP contribution >= 0.6 is 48.2 Å². The Morgan fingerprint density at radius 3 is 2.48 bits per heavy atom. The number of ether oxygens (including phenoxy) is 1. The molecule has 2 aromatic carbocycles. The molecule has 1 heterocycles. The summed E-state index contributed by atoms with van der Waals surface area (Å²) in [6, 6.07) is 12.7. The molecular weight excluding hydrogens is 431 g/mol. The van der Waals surface area contributed by atoms with Crippen LogP contribution in [0.3, 0.4) is 0 Å². The topological polar surface area (TPSA) is 75.8 Å². The number of aliphatic hydroxyl groups excluding tert-OH is 1. The smallest absolute Gasteiger partial charge is 0.257 e. The zero-order valence-corrected chi connectivity index (χ0v) is 17.7. The van der Waals surface area contributed by atoms with Crippen molar-refractivity contribution in [1.29, 1.82) is 0 Å². The maximum absolute atomic E-state index is 12.8. The van der Waals surface area contributed by atoms with Gasteiger partial charge in [0.1, 0.15) is 11.9 Å². The molecule has 0 aliphatic carbocycles. The molecule has 0 aromatic heterocycles. The normalized spacial score (nSPS) is 18.7. The molecule has 27 heavy (non-hydrogen) atoms. The molecule has 0 spiro atoms. The van der Waals surface area contributed by atoms with Crippen molar-refractivity contribution in [3.8, 4) is 5.75 Å². The molecular formula is C18H21Cl3N2O3S. The Labute approximate surface area is 180 Å². The average Bonchev–Trinajstić information content (AvgIpc) is 2.72. The molecule has 2 aromatic rings. The zero-order chi connectivity index (χ0) is 18.0. The number of thioether (sulfide) groups is 1. The molecule has 0 fully saturated rings. The Balaban J connectivity index is 0.00000182. The molecule has 0 saturated carbocycles. The third-order valence-corrected chi connectivity index (χ3v) is 5.67. The molecule has 0 saturated heterocycles. The van der Waals surface area contributed by atoms with Gasteiger partial charge in [0.05, 0.1) is 18.0 Å². The Bertz CT molecular complexity index is 777. The minimum Gasteiger partial charge on any atom is -0.497 e. The van der Waals surface area contributed by atoms with Crippen molar-refractivity contribution in [2.45, 2.75) is 16.2 Å². The lowest BCUT2D eigenvalue weighted by molar-refractivity contribution is -0.126. The van der Waals surface area contributed by atoms with Crippen molar-refractivity contribution >= 4 is 59.8 Å². The summed E-state index contributed by atoms with van der Waals surface area (Å²) in [6.07, 6.45) is -1.18. The second-order valence-corrected chi connectivity index (χ2v) is 7.27. The van der Waals surface area contributed by atoms with E-state index in [0.717, 1.165) is 21.9 Å². The number of amides is 1. The molecule has 3 N–H and O–H groups in total. The van der Waals surface area contributed by atoms with Crippen LogP contribution in [0.15, 0.2) is 47.4 Å². The SMILES string of the molecule is COc1ccc([C@H]2Sc3cc(Cl)ccc3N(CCN)C(=O)[C@H]2O)cc1.Cl.Cl. The lowest BCUT2D eigenvalue weighted by atomic mass is 10.1. The molecule has 0 unspecified atom stereocenters. The molecule has 9 heteroatoms. The first-order valence-electron chi connectivity index (χ1n) is 7.85. The van der Waals surface area contributed by atoms with Gasteiger partial charge in [-0.3, -0.25) is 4.79 Å². The minimum absolute atomic E-state index is 0. The van der Waals surface area contributed by atoms with Crippen molar-refractivity contribution in [2.75, 3.05) is 25.1 Å². The van der Waals surface area contributed by atoms with Gasteiger partial charge in [0.25, 0.3) is 5.91 Å². The van der Waals surface area contributed by atoms with Crippen LogP contribution in [0.2, 0.25) is 5.02 Å². The van der Waals surface area contributed by atoms with E-state index in [-0.39, 0.29) is 30.7 Å². The van der Waals surface area contributed by atoms with Gasteiger partial charge in [-0.05, 0) is 35.9 Å². The maximum Gasteiger partial charge on any atom is 0.257 e. The van der Waals surface area contributed by atoms with E-state index >= 15 is 0 Å². The molecule has 0 bridgehead atoms. The van der Waals surface area contributed by atoms with Crippen molar-refractivity contribution in [1.82, 2.24) is 0 Å². The van der Waals surface area contributed by atoms with Crippen LogP contribution in [0.25, 0.3) is 0 Å². The Kier molecular flexibility index (Phi) is 9.21. The number of methoxy groups -OCH3 is 1. The number of halogens is 3. The maximum atomic E-state index is 12.8. The van der Waals surface area contributed by atoms with Gasteiger partial charge in [0.2, 0.25) is 0 Å². The third kappa shape index (κ3) is 5.02. The number of hydrogen-bond donors (Lipinski definition) is 2. The Hall–Kier alpha value is -1.15. The van der Waals surface area contributed by atoms with Crippen LogP contribution in [-0.2, 0) is 4.79 Å². The number of hydrogen-bond acceptors (Lipinski definition) is 5. The van der Waals surface area contributed by atoms with E-state index in [2.05, 4.69) is 0 Å². The quantitative estimate of drug-likeness (QED) is 0.741. The first kappa shape index (κ1) is 23.9. The van der Waals surface area contributed by atoms with E-state index in [1.165, 1.54) is 16.7 Å². The number of carbonyl (C=O) groups excluding carboxylic acids is 1. The van der Waals surface area contributed by atoms with Crippen molar-refractivity contribution in [3.63, 3.8) is 0 Å². The number of aliphatic hydroxyl groups is 1. The highest BCUT2D eigenvalue weighted by Crippen LogP contribution is 2.46. The second kappa shape index (κ2) is 10.4. The highest BCUT2D eigenvalue weighted by molar-refractivity contribution is 7.99. The van der Waals surface area contributed by atoms with E-state index in [9.17, 15) is 9.90 Å². The second-order valence-electron chi connectivity index (χ2n) is 5.65. The molecule has 1 amide bonds. The molecule has 3 rings (SSSR count). The molecule has 2 atom stereocenters. The van der Waals surface area contributed by atoms with Gasteiger partial charge in [-0.2, -0.15) is 0 Å². The molecule has 1 aliphatic rings. The number of benzene rings is 2. The van der Waals surface area contributed by atoms with Gasteiger partial charge in [0.15, 0.2) is 0 Å². The van der Waals surface area contributed by atoms with Gasteiger partial charge in [-0.15, -0.1) is 36.6 Å². The summed E-state index contributed by atoms with van der Waals surface area (Å²) in [5.41, 5.74) is 7.22. The Morgan fingerprint density at radius 2 is 1.89 bits per heavy atom. The van der Waals surface area contributed by atoms with Gasteiger partial charge >= 0.3 is 0 Å². The van der Waals surface area contributed by atoms with Crippen molar-refractivity contribution in [2.24, 2.45) is 5.73 Å². The largest absolute Gasteiger partial charge is 0.497 e. The number of nitrogens with zero attached hydrogens (tertiary/aromatic N) is 1. The summed E-state index contributed by atoms with van der Waals surface area (Å²) in [5, 5.41) is 10.9. The van der Waals surface area contributed by atoms with Gasteiger partial charge in [-0.1, -0.05) is 23.7 Å². The lowest BCUT2D eigenvalue weighted by Crippen LogP contribution is -2.42. The zero-order valence-electron chi connectivity index (χ0n) is 14.5. The average molecular weight is 452 g/mol. The van der Waals surface area contributed by atoms with E-state index in [0.29, 0.717) is 18.1 Å². The highest BCUT2D eigenvalue weighted by atomic mass is 35.5. The fraction of sp³-hybridized carbons (Fsp3) is 0.278. The fourth-order valence-electron chi connectivity index (χ4n) is 2.82. The predicted octanol–water partition coefficient (Wildman–Crippen LogP) is 3.69. The number of anilines is 1. The molecule has 0 radical (unpaired) electrons. The summed E-state index contributed by atoms with van der Waals surface area (Å²) >= 11 is 7.56. The van der Waals surface area contributed by atoms with E-state index in [1.54, 1.807) is 19.2 Å². The van der Waals surface area contributed by atoms with E-state index < -0.39 is 11.4 Å². The monoisotopic (exact) mass is 450 g/mol. The third-order valence-electron chi connectivity index (χ3n) is 4.07. The summed E-state index contributed by atoms with van der Waals surface area (Å²) in [4.78, 5) is 15.2. The summed E-state index contributed by atoms with van der Waals surface area (Å²) in [7, 11) is 1.59. The Morgan fingerprint density at radius 1 is 1.22 bits per heavy atom. The molecule has 1 aliphatic heterocycles. The minimum atomic E-state index is -1.18. The lowest BCUT2D eigenvalue weighted by Gasteiger charge is -2.24. The van der Waals surface area contributed by atoms with Crippen molar-refractivity contribution in [3.05, 3.63) is 53.1 Å². The summed E-state index contributed by atoms with van der Waals surface area (Å²) in [5.74, 6) is 0.358. The van der Waals surface area contributed by atoms with Crippen LogP contribution in [0.4, 0.5) is 5.69 Å². The van der Waals surface area contributed by atoms with Crippen LogP contribution < -0.4 is 15.4 Å². The van der Waals surface area contributed by atoms with Gasteiger partial charge in [-0.25, -0.2) is 0 Å². The number of fused-ring (bicyclic) bond motifs is 1. The van der Waals surface area contributed by atoms with E-state index in [4.69, 9.17) is 22.1 Å². The van der Waals surface area contributed by atoms with Crippen LogP contribution in [0.5, 0.6) is 5.75 Å². The molecule has 5 nitrogen and oxygen atoms in total. The van der Waals surface area contributed by atoms with Crippen LogP contribution in [0.1, 0.15) is 10.8 Å². The summed E-state index contributed by atoms with van der Waals surface area (Å²) < 4.78 is 5.17. The first-order chi connectivity index (χ1) is 12.0. The number of rotatable bonds is 4.